The standard InChI is InChI=1S/C10H18ClNO2/c1-3-14-10(13)9-4-6-12(7-5-9)8(2)11/h8-9H,3-7H2,1-2H3. The first-order valence-corrected chi connectivity index (χ1v) is 5.63. The number of rotatable bonds is 3. The van der Waals surface area contributed by atoms with Crippen LogP contribution in [0.2, 0.25) is 0 Å². The van der Waals surface area contributed by atoms with Gasteiger partial charge in [0.2, 0.25) is 0 Å². The van der Waals surface area contributed by atoms with E-state index in [0.717, 1.165) is 25.9 Å². The van der Waals surface area contributed by atoms with Gasteiger partial charge in [0.05, 0.1) is 18.0 Å². The number of carbonyl (C=O) groups is 1. The van der Waals surface area contributed by atoms with Gasteiger partial charge in [-0.05, 0) is 26.7 Å². The fourth-order valence-corrected chi connectivity index (χ4v) is 1.95. The fourth-order valence-electron chi connectivity index (χ4n) is 1.75. The highest BCUT2D eigenvalue weighted by Crippen LogP contribution is 2.21. The molecule has 82 valence electrons. The fraction of sp³-hybridized carbons (Fsp3) is 0.900. The first kappa shape index (κ1) is 11.8. The van der Waals surface area contributed by atoms with E-state index in [1.165, 1.54) is 0 Å². The molecule has 1 aliphatic rings. The second-order valence-electron chi connectivity index (χ2n) is 3.64. The second kappa shape index (κ2) is 5.56. The Balaban J connectivity index is 2.31. The van der Waals surface area contributed by atoms with E-state index >= 15 is 0 Å². The molecule has 0 amide bonds. The van der Waals surface area contributed by atoms with Gasteiger partial charge in [-0.2, -0.15) is 0 Å². The lowest BCUT2D eigenvalue weighted by atomic mass is 9.97. The summed E-state index contributed by atoms with van der Waals surface area (Å²) in [6, 6.07) is 0. The molecule has 0 aromatic heterocycles. The molecule has 1 saturated heterocycles. The number of carbonyl (C=O) groups excluding carboxylic acids is 1. The van der Waals surface area contributed by atoms with Gasteiger partial charge in [-0.3, -0.25) is 9.69 Å². The average Bonchev–Trinajstić information content (AvgIpc) is 2.18. The number of piperidine rings is 1. The van der Waals surface area contributed by atoms with Crippen LogP contribution in [0.5, 0.6) is 0 Å². The zero-order valence-electron chi connectivity index (χ0n) is 8.83. The van der Waals surface area contributed by atoms with Crippen LogP contribution in [-0.2, 0) is 9.53 Å². The van der Waals surface area contributed by atoms with Crippen molar-refractivity contribution in [2.45, 2.75) is 32.2 Å². The monoisotopic (exact) mass is 219 g/mol. The topological polar surface area (TPSA) is 29.5 Å². The van der Waals surface area contributed by atoms with E-state index in [4.69, 9.17) is 16.3 Å². The molecule has 1 atom stereocenters. The smallest absolute Gasteiger partial charge is 0.309 e. The van der Waals surface area contributed by atoms with E-state index in [1.807, 2.05) is 13.8 Å². The molecule has 1 aliphatic heterocycles. The number of esters is 1. The molecule has 0 bridgehead atoms. The molecule has 14 heavy (non-hydrogen) atoms. The van der Waals surface area contributed by atoms with Crippen LogP contribution in [0.25, 0.3) is 0 Å². The summed E-state index contributed by atoms with van der Waals surface area (Å²) in [4.78, 5) is 13.6. The zero-order valence-corrected chi connectivity index (χ0v) is 9.59. The van der Waals surface area contributed by atoms with Crippen molar-refractivity contribution in [2.24, 2.45) is 5.92 Å². The molecule has 0 radical (unpaired) electrons. The van der Waals surface area contributed by atoms with Crippen molar-refractivity contribution in [3.8, 4) is 0 Å². The summed E-state index contributed by atoms with van der Waals surface area (Å²) in [5, 5.41) is 0. The molecule has 4 heteroatoms. The van der Waals surface area contributed by atoms with Crippen LogP contribution >= 0.6 is 11.6 Å². The van der Waals surface area contributed by atoms with Gasteiger partial charge in [0.1, 0.15) is 0 Å². The van der Waals surface area contributed by atoms with Crippen molar-refractivity contribution in [1.82, 2.24) is 4.90 Å². The lowest BCUT2D eigenvalue weighted by molar-refractivity contribution is -0.149. The Bertz CT molecular complexity index is 189. The SMILES string of the molecule is CCOC(=O)C1CCN(C(C)Cl)CC1. The molecule has 1 heterocycles. The summed E-state index contributed by atoms with van der Waals surface area (Å²) in [7, 11) is 0. The maximum atomic E-state index is 11.4. The largest absolute Gasteiger partial charge is 0.466 e. The first-order chi connectivity index (χ1) is 6.65. The van der Waals surface area contributed by atoms with Crippen LogP contribution in [0, 0.1) is 5.92 Å². The minimum atomic E-state index is -0.0469. The van der Waals surface area contributed by atoms with Crippen LogP contribution in [0.15, 0.2) is 0 Å². The maximum absolute atomic E-state index is 11.4. The van der Waals surface area contributed by atoms with E-state index < -0.39 is 0 Å². The van der Waals surface area contributed by atoms with E-state index in [2.05, 4.69) is 4.90 Å². The molecular weight excluding hydrogens is 202 g/mol. The summed E-state index contributed by atoms with van der Waals surface area (Å²) < 4.78 is 4.99. The zero-order chi connectivity index (χ0) is 10.6. The van der Waals surface area contributed by atoms with E-state index in [1.54, 1.807) is 0 Å². The third-order valence-corrected chi connectivity index (χ3v) is 2.93. The molecule has 0 aromatic carbocycles. The predicted molar refractivity (Wildman–Crippen MR) is 56.2 cm³/mol. The minimum Gasteiger partial charge on any atom is -0.466 e. The second-order valence-corrected chi connectivity index (χ2v) is 4.27. The number of ether oxygens (including phenoxy) is 1. The van der Waals surface area contributed by atoms with E-state index in [9.17, 15) is 4.79 Å². The highest BCUT2D eigenvalue weighted by molar-refractivity contribution is 6.20. The van der Waals surface area contributed by atoms with Crippen LogP contribution in [0.4, 0.5) is 0 Å². The van der Waals surface area contributed by atoms with Crippen LogP contribution in [0.3, 0.4) is 0 Å². The molecule has 1 unspecified atom stereocenters. The summed E-state index contributed by atoms with van der Waals surface area (Å²) in [6.07, 6.45) is 1.74. The highest BCUT2D eigenvalue weighted by atomic mass is 35.5. The van der Waals surface area contributed by atoms with Crippen LogP contribution in [0.1, 0.15) is 26.7 Å². The van der Waals surface area contributed by atoms with Crippen molar-refractivity contribution < 1.29 is 9.53 Å². The quantitative estimate of drug-likeness (QED) is 0.412. The van der Waals surface area contributed by atoms with E-state index in [0.29, 0.717) is 6.61 Å². The van der Waals surface area contributed by atoms with Gasteiger partial charge in [-0.25, -0.2) is 0 Å². The van der Waals surface area contributed by atoms with Crippen molar-refractivity contribution in [2.75, 3.05) is 19.7 Å². The highest BCUT2D eigenvalue weighted by Gasteiger charge is 2.27. The summed E-state index contributed by atoms with van der Waals surface area (Å²) >= 11 is 5.95. The van der Waals surface area contributed by atoms with Crippen LogP contribution < -0.4 is 0 Å². The lowest BCUT2D eigenvalue weighted by Gasteiger charge is -2.32. The Kier molecular flexibility index (Phi) is 4.69. The number of likely N-dealkylation sites (tertiary alicyclic amines) is 1. The number of alkyl halides is 1. The van der Waals surface area contributed by atoms with Gasteiger partial charge in [0.25, 0.3) is 0 Å². The average molecular weight is 220 g/mol. The molecule has 1 fully saturated rings. The summed E-state index contributed by atoms with van der Waals surface area (Å²) in [5.74, 6) is 0.0380. The number of nitrogens with zero attached hydrogens (tertiary/aromatic N) is 1. The van der Waals surface area contributed by atoms with Crippen molar-refractivity contribution in [1.29, 1.82) is 0 Å². The third kappa shape index (κ3) is 3.14. The molecule has 0 spiro atoms. The molecule has 0 aromatic rings. The lowest BCUT2D eigenvalue weighted by Crippen LogP contribution is -2.39. The molecule has 3 nitrogen and oxygen atoms in total. The Morgan fingerprint density at radius 3 is 2.57 bits per heavy atom. The summed E-state index contributed by atoms with van der Waals surface area (Å²) in [5.41, 5.74) is 0.0677. The number of hydrogen-bond acceptors (Lipinski definition) is 3. The van der Waals surface area contributed by atoms with Gasteiger partial charge in [0.15, 0.2) is 0 Å². The van der Waals surface area contributed by atoms with Gasteiger partial charge >= 0.3 is 5.97 Å². The number of hydrogen-bond donors (Lipinski definition) is 0. The van der Waals surface area contributed by atoms with Gasteiger partial charge in [0, 0.05) is 13.1 Å². The normalized spacial score (nSPS) is 21.9. The first-order valence-electron chi connectivity index (χ1n) is 5.20. The molecule has 0 saturated carbocycles. The molecular formula is C10H18ClNO2. The van der Waals surface area contributed by atoms with Gasteiger partial charge in [-0.1, -0.05) is 0 Å². The number of halogens is 1. The predicted octanol–water partition coefficient (Wildman–Crippen LogP) is 1.85. The van der Waals surface area contributed by atoms with Gasteiger partial charge in [-0.15, -0.1) is 11.6 Å². The van der Waals surface area contributed by atoms with Crippen molar-refractivity contribution in [3.63, 3.8) is 0 Å². The minimum absolute atomic E-state index is 0.0469. The Hall–Kier alpha value is -0.280. The molecule has 1 rings (SSSR count). The maximum Gasteiger partial charge on any atom is 0.309 e. The van der Waals surface area contributed by atoms with Crippen LogP contribution in [-0.4, -0.2) is 36.1 Å². The van der Waals surface area contributed by atoms with Crippen molar-refractivity contribution in [3.05, 3.63) is 0 Å². The molecule has 0 N–H and O–H groups in total. The molecule has 0 aliphatic carbocycles. The Labute approximate surface area is 90.4 Å². The Morgan fingerprint density at radius 2 is 2.14 bits per heavy atom. The Morgan fingerprint density at radius 1 is 1.57 bits per heavy atom. The van der Waals surface area contributed by atoms with Gasteiger partial charge < -0.3 is 4.74 Å². The van der Waals surface area contributed by atoms with Crippen molar-refractivity contribution >= 4 is 17.6 Å². The summed E-state index contributed by atoms with van der Waals surface area (Å²) in [6.45, 7) is 6.08. The third-order valence-electron chi connectivity index (χ3n) is 2.65. The van der Waals surface area contributed by atoms with E-state index in [-0.39, 0.29) is 17.4 Å².